The van der Waals surface area contributed by atoms with Crippen LogP contribution in [0.1, 0.15) is 31.9 Å². The van der Waals surface area contributed by atoms with Crippen LogP contribution in [-0.2, 0) is 9.47 Å². The molecule has 1 aliphatic carbocycles. The van der Waals surface area contributed by atoms with Gasteiger partial charge in [-0.2, -0.15) is 0 Å². The summed E-state index contributed by atoms with van der Waals surface area (Å²) >= 11 is 2.06. The number of carbonyl (C=O) groups is 1. The Bertz CT molecular complexity index is 903. The summed E-state index contributed by atoms with van der Waals surface area (Å²) in [6.45, 7) is -0.445. The molecule has 1 aliphatic heterocycles. The van der Waals surface area contributed by atoms with E-state index in [2.05, 4.69) is 32.6 Å². The lowest BCUT2D eigenvalue weighted by atomic mass is 9.79. The Morgan fingerprint density at radius 3 is 2.82 bits per heavy atom. The van der Waals surface area contributed by atoms with Crippen LogP contribution in [0.15, 0.2) is 12.5 Å². The van der Waals surface area contributed by atoms with Crippen molar-refractivity contribution in [1.29, 1.82) is 0 Å². The molecule has 0 spiro atoms. The van der Waals surface area contributed by atoms with Crippen molar-refractivity contribution < 1.29 is 28.9 Å². The zero-order valence-electron chi connectivity index (χ0n) is 14.8. The summed E-state index contributed by atoms with van der Waals surface area (Å²) in [7, 11) is 0. The Morgan fingerprint density at radius 2 is 2.18 bits per heavy atom. The number of nitrogen functional groups attached to an aromatic ring is 1. The van der Waals surface area contributed by atoms with Gasteiger partial charge in [-0.25, -0.2) is 19.2 Å². The number of aliphatic hydroxyl groups excluding tert-OH is 1. The maximum absolute atomic E-state index is 15.8. The molecule has 3 heterocycles. The van der Waals surface area contributed by atoms with Crippen LogP contribution in [-0.4, -0.2) is 55.4 Å². The van der Waals surface area contributed by atoms with Gasteiger partial charge in [-0.05, 0) is 48.3 Å². The van der Waals surface area contributed by atoms with Crippen LogP contribution in [0.25, 0.3) is 11.0 Å². The molecule has 4 N–H and O–H groups in total. The van der Waals surface area contributed by atoms with Gasteiger partial charge in [-0.15, -0.1) is 0 Å². The quantitative estimate of drug-likeness (QED) is 0.426. The highest BCUT2D eigenvalue weighted by Crippen LogP contribution is 2.50. The Hall–Kier alpha value is -1.73. The minimum absolute atomic E-state index is 0.276. The molecule has 1 saturated heterocycles. The lowest BCUT2D eigenvalue weighted by Crippen LogP contribution is -2.48. The first kappa shape index (κ1) is 19.6. The molecule has 2 aromatic rings. The monoisotopic (exact) mass is 506 g/mol. The third-order valence-corrected chi connectivity index (χ3v) is 6.54. The molecule has 152 valence electrons. The molecular formula is C17H20FIN4O5. The van der Waals surface area contributed by atoms with Crippen molar-refractivity contribution in [3.05, 3.63) is 16.1 Å². The number of ether oxygens (including phenoxy) is 2. The van der Waals surface area contributed by atoms with E-state index in [0.717, 1.165) is 16.4 Å². The van der Waals surface area contributed by atoms with E-state index >= 15 is 4.39 Å². The lowest BCUT2D eigenvalue weighted by Gasteiger charge is -2.36. The van der Waals surface area contributed by atoms with Gasteiger partial charge < -0.3 is 30.0 Å². The first-order valence-corrected chi connectivity index (χ1v) is 10.0. The second kappa shape index (κ2) is 7.26. The summed E-state index contributed by atoms with van der Waals surface area (Å²) in [6.07, 6.45) is 0.188. The van der Waals surface area contributed by atoms with Crippen molar-refractivity contribution in [1.82, 2.24) is 14.5 Å². The maximum Gasteiger partial charge on any atom is 0.506 e. The number of rotatable bonds is 4. The number of hydrogen-bond donors (Lipinski definition) is 3. The molecule has 0 radical (unpaired) electrons. The third-order valence-electron chi connectivity index (χ3n) is 5.72. The smallest absolute Gasteiger partial charge is 0.450 e. The standard InChI is InChI=1S/C17H20FIN4O5/c18-12-11(17(28-16(25)26)3-1-2-4-17)9(6-24)27-15(12)23-5-8(19)10-13(20)21-7-22-14(10)23/h5,7,9,11-12,15,24H,1-4,6H2,(H,25,26)(H2,20,21,22)/t9-,11-,12-,15+/m0/s1. The highest BCUT2D eigenvalue weighted by Gasteiger charge is 2.59. The molecule has 1 saturated carbocycles. The highest BCUT2D eigenvalue weighted by atomic mass is 127. The van der Waals surface area contributed by atoms with Crippen molar-refractivity contribution in [2.75, 3.05) is 12.3 Å². The summed E-state index contributed by atoms with van der Waals surface area (Å²) in [5, 5.41) is 19.7. The van der Waals surface area contributed by atoms with E-state index < -0.39 is 42.8 Å². The first-order valence-electron chi connectivity index (χ1n) is 8.97. The fourth-order valence-electron chi connectivity index (χ4n) is 4.63. The third kappa shape index (κ3) is 2.99. The molecule has 0 unspecified atom stereocenters. The Labute approximate surface area is 173 Å². The minimum atomic E-state index is -1.60. The second-order valence-electron chi connectivity index (χ2n) is 7.20. The van der Waals surface area contributed by atoms with Crippen molar-refractivity contribution >= 4 is 45.6 Å². The molecule has 11 heteroatoms. The molecule has 0 bridgehead atoms. The molecule has 2 aromatic heterocycles. The summed E-state index contributed by atoms with van der Waals surface area (Å²) in [5.41, 5.74) is 5.14. The molecule has 4 atom stereocenters. The topological polar surface area (TPSA) is 133 Å². The van der Waals surface area contributed by atoms with Crippen LogP contribution in [0.2, 0.25) is 0 Å². The van der Waals surface area contributed by atoms with E-state index in [1.165, 1.54) is 10.9 Å². The zero-order valence-corrected chi connectivity index (χ0v) is 17.0. The van der Waals surface area contributed by atoms with Crippen LogP contribution in [0.5, 0.6) is 0 Å². The molecule has 9 nitrogen and oxygen atoms in total. The second-order valence-corrected chi connectivity index (χ2v) is 8.36. The number of nitrogens with zero attached hydrogens (tertiary/aromatic N) is 3. The fraction of sp³-hybridized carbons (Fsp3) is 0.588. The predicted molar refractivity (Wildman–Crippen MR) is 104 cm³/mol. The molecule has 0 aromatic carbocycles. The SMILES string of the molecule is Nc1ncnc2c1c(I)cn2[C@@H]1O[C@@H](CO)[C@H](C2(OC(=O)O)CCCC2)[C@@H]1F. The van der Waals surface area contributed by atoms with Crippen LogP contribution < -0.4 is 5.73 Å². The normalized spacial score (nSPS) is 29.4. The Kier molecular flexibility index (Phi) is 5.08. The Morgan fingerprint density at radius 1 is 1.46 bits per heavy atom. The van der Waals surface area contributed by atoms with Gasteiger partial charge in [0.25, 0.3) is 0 Å². The van der Waals surface area contributed by atoms with Gasteiger partial charge in [0.2, 0.25) is 0 Å². The summed E-state index contributed by atoms with van der Waals surface area (Å²) in [6, 6.07) is 0. The molecule has 4 rings (SSSR count). The molecule has 2 aliphatic rings. The average Bonchev–Trinajstić information content (AvgIpc) is 3.32. The van der Waals surface area contributed by atoms with Gasteiger partial charge in [0.05, 0.1) is 24.0 Å². The lowest BCUT2D eigenvalue weighted by molar-refractivity contribution is -0.0931. The fourth-order valence-corrected chi connectivity index (χ4v) is 5.45. The number of hydrogen-bond acceptors (Lipinski definition) is 7. The maximum atomic E-state index is 15.8. The number of carboxylic acid groups (broad SMARTS) is 1. The number of fused-ring (bicyclic) bond motifs is 1. The summed E-state index contributed by atoms with van der Waals surface area (Å²) in [5.74, 6) is -0.645. The van der Waals surface area contributed by atoms with Gasteiger partial charge >= 0.3 is 6.16 Å². The minimum Gasteiger partial charge on any atom is -0.450 e. The number of alkyl halides is 1. The predicted octanol–water partition coefficient (Wildman–Crippen LogP) is 2.47. The van der Waals surface area contributed by atoms with E-state index in [-0.39, 0.29) is 5.82 Å². The van der Waals surface area contributed by atoms with E-state index in [9.17, 15) is 15.0 Å². The molecular weight excluding hydrogens is 486 g/mol. The molecule has 28 heavy (non-hydrogen) atoms. The largest absolute Gasteiger partial charge is 0.506 e. The molecule has 0 amide bonds. The van der Waals surface area contributed by atoms with Gasteiger partial charge in [-0.1, -0.05) is 0 Å². The average molecular weight is 506 g/mol. The zero-order chi connectivity index (χ0) is 20.1. The Balaban J connectivity index is 1.76. The number of anilines is 1. The van der Waals surface area contributed by atoms with Gasteiger partial charge in [0.15, 0.2) is 12.4 Å². The highest BCUT2D eigenvalue weighted by molar-refractivity contribution is 14.1. The molecule has 2 fully saturated rings. The van der Waals surface area contributed by atoms with Crippen LogP contribution in [0.4, 0.5) is 15.0 Å². The van der Waals surface area contributed by atoms with Crippen molar-refractivity contribution in [2.45, 2.75) is 49.8 Å². The van der Waals surface area contributed by atoms with Crippen LogP contribution >= 0.6 is 22.6 Å². The van der Waals surface area contributed by atoms with Crippen molar-refractivity contribution in [2.24, 2.45) is 5.92 Å². The number of aromatic nitrogens is 3. The summed E-state index contributed by atoms with van der Waals surface area (Å²) < 4.78 is 29.1. The van der Waals surface area contributed by atoms with Crippen molar-refractivity contribution in [3.63, 3.8) is 0 Å². The van der Waals surface area contributed by atoms with Crippen LogP contribution in [0.3, 0.4) is 0 Å². The van der Waals surface area contributed by atoms with E-state index in [0.29, 0.717) is 23.9 Å². The van der Waals surface area contributed by atoms with Gasteiger partial charge in [-0.3, -0.25) is 0 Å². The van der Waals surface area contributed by atoms with Crippen LogP contribution in [0, 0.1) is 9.49 Å². The van der Waals surface area contributed by atoms with E-state index in [4.69, 9.17) is 15.2 Å². The van der Waals surface area contributed by atoms with E-state index in [1.807, 2.05) is 0 Å². The summed E-state index contributed by atoms with van der Waals surface area (Å²) in [4.78, 5) is 19.5. The number of aliphatic hydroxyl groups is 1. The van der Waals surface area contributed by atoms with Gasteiger partial charge in [0, 0.05) is 9.77 Å². The first-order chi connectivity index (χ1) is 13.4. The van der Waals surface area contributed by atoms with Crippen molar-refractivity contribution in [3.8, 4) is 0 Å². The number of nitrogens with two attached hydrogens (primary N) is 1. The number of halogens is 2. The van der Waals surface area contributed by atoms with E-state index in [1.54, 1.807) is 6.20 Å². The van der Waals surface area contributed by atoms with Gasteiger partial charge in [0.1, 0.15) is 23.4 Å².